The summed E-state index contributed by atoms with van der Waals surface area (Å²) in [6.07, 6.45) is 1.88. The van der Waals surface area contributed by atoms with Gasteiger partial charge in [-0.15, -0.1) is 0 Å². The SMILES string of the molecule is CC1CN(c2ccnc3cc(N)ccc23)CC(C)N1C. The summed E-state index contributed by atoms with van der Waals surface area (Å²) in [7, 11) is 2.21. The zero-order chi connectivity index (χ0) is 14.3. The smallest absolute Gasteiger partial charge is 0.0743 e. The first-order chi connectivity index (χ1) is 9.56. The van der Waals surface area contributed by atoms with Gasteiger partial charge in [0.2, 0.25) is 0 Å². The van der Waals surface area contributed by atoms with E-state index in [0.29, 0.717) is 12.1 Å². The van der Waals surface area contributed by atoms with E-state index in [1.165, 1.54) is 11.1 Å². The molecule has 1 aliphatic heterocycles. The van der Waals surface area contributed by atoms with Gasteiger partial charge < -0.3 is 10.6 Å². The number of hydrogen-bond acceptors (Lipinski definition) is 4. The fourth-order valence-electron chi connectivity index (χ4n) is 3.03. The summed E-state index contributed by atoms with van der Waals surface area (Å²) >= 11 is 0. The lowest BCUT2D eigenvalue weighted by molar-refractivity contribution is 0.170. The molecule has 3 rings (SSSR count). The molecule has 20 heavy (non-hydrogen) atoms. The molecule has 1 fully saturated rings. The van der Waals surface area contributed by atoms with Crippen LogP contribution in [-0.2, 0) is 0 Å². The van der Waals surface area contributed by atoms with Crippen LogP contribution in [0.25, 0.3) is 10.9 Å². The summed E-state index contributed by atoms with van der Waals surface area (Å²) in [4.78, 5) is 9.34. The molecule has 2 aromatic rings. The molecule has 2 heterocycles. The van der Waals surface area contributed by atoms with Gasteiger partial charge in [-0.05, 0) is 45.2 Å². The Balaban J connectivity index is 2.02. The second-order valence-corrected chi connectivity index (χ2v) is 5.88. The van der Waals surface area contributed by atoms with Gasteiger partial charge in [0.25, 0.3) is 0 Å². The molecular formula is C16H22N4. The minimum Gasteiger partial charge on any atom is -0.399 e. The molecule has 2 unspecified atom stereocenters. The predicted octanol–water partition coefficient (Wildman–Crippen LogP) is 2.35. The topological polar surface area (TPSA) is 45.4 Å². The number of hydrogen-bond donors (Lipinski definition) is 1. The summed E-state index contributed by atoms with van der Waals surface area (Å²) in [6.45, 7) is 6.66. The molecular weight excluding hydrogens is 248 g/mol. The van der Waals surface area contributed by atoms with Gasteiger partial charge in [-0.1, -0.05) is 0 Å². The van der Waals surface area contributed by atoms with Crippen LogP contribution in [0.5, 0.6) is 0 Å². The highest BCUT2D eigenvalue weighted by molar-refractivity contribution is 5.93. The second-order valence-electron chi connectivity index (χ2n) is 5.88. The monoisotopic (exact) mass is 270 g/mol. The van der Waals surface area contributed by atoms with E-state index in [1.54, 1.807) is 0 Å². The van der Waals surface area contributed by atoms with Crippen molar-refractivity contribution >= 4 is 22.3 Å². The maximum atomic E-state index is 5.85. The number of piperazine rings is 1. The third-order valence-electron chi connectivity index (χ3n) is 4.44. The Morgan fingerprint density at radius 2 is 1.85 bits per heavy atom. The van der Waals surface area contributed by atoms with E-state index in [1.807, 2.05) is 18.3 Å². The van der Waals surface area contributed by atoms with Crippen LogP contribution in [0.3, 0.4) is 0 Å². The first-order valence-corrected chi connectivity index (χ1v) is 7.17. The Morgan fingerprint density at radius 3 is 2.55 bits per heavy atom. The molecule has 1 aromatic heterocycles. The first-order valence-electron chi connectivity index (χ1n) is 7.17. The lowest BCUT2D eigenvalue weighted by atomic mass is 10.1. The number of aromatic nitrogens is 1. The quantitative estimate of drug-likeness (QED) is 0.808. The molecule has 2 N–H and O–H groups in total. The van der Waals surface area contributed by atoms with Gasteiger partial charge in [0.1, 0.15) is 0 Å². The summed E-state index contributed by atoms with van der Waals surface area (Å²) in [6, 6.07) is 9.20. The number of rotatable bonds is 1. The minimum atomic E-state index is 0.552. The Morgan fingerprint density at radius 1 is 1.15 bits per heavy atom. The average Bonchev–Trinajstić information content (AvgIpc) is 2.43. The van der Waals surface area contributed by atoms with Crippen LogP contribution in [0.4, 0.5) is 11.4 Å². The molecule has 0 aliphatic carbocycles. The van der Waals surface area contributed by atoms with E-state index in [0.717, 1.165) is 24.3 Å². The lowest BCUT2D eigenvalue weighted by Crippen LogP contribution is -2.55. The summed E-state index contributed by atoms with van der Waals surface area (Å²) in [5.41, 5.74) is 8.86. The van der Waals surface area contributed by atoms with E-state index in [4.69, 9.17) is 5.73 Å². The van der Waals surface area contributed by atoms with E-state index in [9.17, 15) is 0 Å². The number of likely N-dealkylation sites (N-methyl/N-ethyl adjacent to an activating group) is 1. The normalized spacial score (nSPS) is 24.2. The van der Waals surface area contributed by atoms with Crippen LogP contribution < -0.4 is 10.6 Å². The van der Waals surface area contributed by atoms with E-state index in [2.05, 4.69) is 47.8 Å². The Hall–Kier alpha value is -1.81. The number of pyridine rings is 1. The van der Waals surface area contributed by atoms with Crippen molar-refractivity contribution in [3.63, 3.8) is 0 Å². The van der Waals surface area contributed by atoms with Gasteiger partial charge in [-0.3, -0.25) is 9.88 Å². The van der Waals surface area contributed by atoms with Gasteiger partial charge in [0, 0.05) is 48.1 Å². The van der Waals surface area contributed by atoms with Gasteiger partial charge in [-0.2, -0.15) is 0 Å². The molecule has 1 aromatic carbocycles. The highest BCUT2D eigenvalue weighted by Crippen LogP contribution is 2.29. The van der Waals surface area contributed by atoms with Crippen LogP contribution >= 0.6 is 0 Å². The molecule has 0 saturated carbocycles. The second kappa shape index (κ2) is 4.94. The minimum absolute atomic E-state index is 0.552. The molecule has 1 aliphatic rings. The lowest BCUT2D eigenvalue weighted by Gasteiger charge is -2.43. The third-order valence-corrected chi connectivity index (χ3v) is 4.44. The fourth-order valence-corrected chi connectivity index (χ4v) is 3.03. The Bertz CT molecular complexity index is 613. The van der Waals surface area contributed by atoms with Crippen molar-refractivity contribution in [1.29, 1.82) is 0 Å². The molecule has 0 bridgehead atoms. The van der Waals surface area contributed by atoms with E-state index >= 15 is 0 Å². The molecule has 2 atom stereocenters. The number of nitrogen functional groups attached to an aromatic ring is 1. The Kier molecular flexibility index (Phi) is 3.26. The highest BCUT2D eigenvalue weighted by atomic mass is 15.3. The maximum absolute atomic E-state index is 5.85. The number of benzene rings is 1. The van der Waals surface area contributed by atoms with Crippen molar-refractivity contribution in [3.8, 4) is 0 Å². The molecule has 0 amide bonds. The van der Waals surface area contributed by atoms with Gasteiger partial charge in [-0.25, -0.2) is 0 Å². The zero-order valence-electron chi connectivity index (χ0n) is 12.4. The van der Waals surface area contributed by atoms with Crippen LogP contribution in [-0.4, -0.2) is 42.1 Å². The Labute approximate surface area is 120 Å². The van der Waals surface area contributed by atoms with Crippen molar-refractivity contribution in [2.24, 2.45) is 0 Å². The van der Waals surface area contributed by atoms with Crippen molar-refractivity contribution in [1.82, 2.24) is 9.88 Å². The highest BCUT2D eigenvalue weighted by Gasteiger charge is 2.27. The van der Waals surface area contributed by atoms with Crippen molar-refractivity contribution in [2.75, 3.05) is 30.8 Å². The van der Waals surface area contributed by atoms with Crippen LogP contribution in [0, 0.1) is 0 Å². The molecule has 0 spiro atoms. The molecule has 4 nitrogen and oxygen atoms in total. The van der Waals surface area contributed by atoms with Crippen LogP contribution in [0.15, 0.2) is 30.5 Å². The van der Waals surface area contributed by atoms with Gasteiger partial charge >= 0.3 is 0 Å². The fraction of sp³-hybridized carbons (Fsp3) is 0.438. The molecule has 0 radical (unpaired) electrons. The predicted molar refractivity (Wildman–Crippen MR) is 85.1 cm³/mol. The average molecular weight is 270 g/mol. The summed E-state index contributed by atoms with van der Waals surface area (Å²) in [5, 5.41) is 1.19. The first kappa shape index (κ1) is 13.2. The number of anilines is 2. The van der Waals surface area contributed by atoms with Crippen molar-refractivity contribution < 1.29 is 0 Å². The number of nitrogens with zero attached hydrogens (tertiary/aromatic N) is 3. The largest absolute Gasteiger partial charge is 0.399 e. The molecule has 4 heteroatoms. The summed E-state index contributed by atoms with van der Waals surface area (Å²) < 4.78 is 0. The third kappa shape index (κ3) is 2.20. The van der Waals surface area contributed by atoms with Crippen LogP contribution in [0.2, 0.25) is 0 Å². The van der Waals surface area contributed by atoms with Crippen molar-refractivity contribution in [2.45, 2.75) is 25.9 Å². The molecule has 106 valence electrons. The number of nitrogens with two attached hydrogens (primary N) is 1. The molecule has 1 saturated heterocycles. The zero-order valence-corrected chi connectivity index (χ0v) is 12.4. The van der Waals surface area contributed by atoms with E-state index in [-0.39, 0.29) is 0 Å². The standard InChI is InChI=1S/C16H22N4/c1-11-9-20(10-12(2)19(11)3)16-6-7-18-15-8-13(17)4-5-14(15)16/h4-8,11-12H,9-10,17H2,1-3H3. The van der Waals surface area contributed by atoms with E-state index < -0.39 is 0 Å². The summed E-state index contributed by atoms with van der Waals surface area (Å²) in [5.74, 6) is 0. The van der Waals surface area contributed by atoms with Crippen LogP contribution in [0.1, 0.15) is 13.8 Å². The van der Waals surface area contributed by atoms with Crippen molar-refractivity contribution in [3.05, 3.63) is 30.5 Å². The number of fused-ring (bicyclic) bond motifs is 1. The van der Waals surface area contributed by atoms with Gasteiger partial charge in [0.15, 0.2) is 0 Å². The maximum Gasteiger partial charge on any atom is 0.0743 e. The van der Waals surface area contributed by atoms with Gasteiger partial charge in [0.05, 0.1) is 5.52 Å².